The van der Waals surface area contributed by atoms with Crippen molar-refractivity contribution in [3.8, 4) is 11.4 Å². The number of nitrogens with zero attached hydrogens (tertiary/aromatic N) is 2. The third-order valence-corrected chi connectivity index (χ3v) is 4.31. The Bertz CT molecular complexity index is 1220. The molecule has 0 aliphatic rings. The summed E-state index contributed by atoms with van der Waals surface area (Å²) in [7, 11) is 0. The Kier molecular flexibility index (Phi) is 7.79. The van der Waals surface area contributed by atoms with E-state index in [2.05, 4.69) is 15.0 Å². The number of ether oxygens (including phenoxy) is 2. The van der Waals surface area contributed by atoms with Crippen LogP contribution in [-0.4, -0.2) is 41.0 Å². The van der Waals surface area contributed by atoms with Crippen molar-refractivity contribution in [1.29, 1.82) is 0 Å². The van der Waals surface area contributed by atoms with Crippen molar-refractivity contribution in [2.45, 2.75) is 19.0 Å². The van der Waals surface area contributed by atoms with Gasteiger partial charge in [0.25, 0.3) is 11.5 Å². The molecule has 35 heavy (non-hydrogen) atoms. The molecule has 2 heterocycles. The molecular formula is C22H17F6N3O4. The number of amides is 1. The number of para-hydroxylation sites is 2. The monoisotopic (exact) mass is 501 g/mol. The van der Waals surface area contributed by atoms with E-state index in [0.717, 1.165) is 4.57 Å². The quantitative estimate of drug-likeness (QED) is 0.460. The Morgan fingerprint density at radius 3 is 2.31 bits per heavy atom. The van der Waals surface area contributed by atoms with Gasteiger partial charge in [-0.05, 0) is 36.4 Å². The van der Waals surface area contributed by atoms with Crippen LogP contribution in [0.2, 0.25) is 0 Å². The first-order chi connectivity index (χ1) is 16.4. The second-order valence-electron chi connectivity index (χ2n) is 7.07. The lowest BCUT2D eigenvalue weighted by molar-refractivity contribution is -0.176. The number of carbonyl (C=O) groups excluding carboxylic acids is 1. The third-order valence-electron chi connectivity index (χ3n) is 4.31. The highest BCUT2D eigenvalue weighted by molar-refractivity contribution is 6.03. The summed E-state index contributed by atoms with van der Waals surface area (Å²) in [6.45, 7) is -3.39. The minimum atomic E-state index is -4.59. The third kappa shape index (κ3) is 7.57. The number of rotatable bonds is 8. The number of aromatic nitrogens is 2. The number of hydrogen-bond donors (Lipinski definition) is 1. The molecule has 3 aromatic rings. The molecule has 1 amide bonds. The largest absolute Gasteiger partial charge is 0.482 e. The Balaban J connectivity index is 1.75. The van der Waals surface area contributed by atoms with Crippen molar-refractivity contribution in [3.05, 3.63) is 82.5 Å². The average Bonchev–Trinajstić information content (AvgIpc) is 2.78. The summed E-state index contributed by atoms with van der Waals surface area (Å²) in [6, 6.07) is 10.8. The van der Waals surface area contributed by atoms with Crippen molar-refractivity contribution < 1.29 is 40.6 Å². The zero-order valence-corrected chi connectivity index (χ0v) is 17.7. The van der Waals surface area contributed by atoms with E-state index >= 15 is 0 Å². The molecule has 0 spiro atoms. The Hall–Kier alpha value is -3.87. The van der Waals surface area contributed by atoms with Gasteiger partial charge in [0.1, 0.15) is 17.9 Å². The standard InChI is InChI=1S/C22H17F6N3O4/c23-21(24,25)12-34-11-15-8-7-14(10-29-15)30-19(32)16-4-3-9-31(20(16)33)17-5-1-2-6-18(17)35-13-22(26,27)28/h1-10H,11-13H2,(H,30,32). The van der Waals surface area contributed by atoms with Gasteiger partial charge in [-0.15, -0.1) is 0 Å². The molecule has 7 nitrogen and oxygen atoms in total. The number of pyridine rings is 2. The van der Waals surface area contributed by atoms with Crippen molar-refractivity contribution >= 4 is 11.6 Å². The zero-order valence-electron chi connectivity index (χ0n) is 17.7. The number of benzene rings is 1. The lowest BCUT2D eigenvalue weighted by Crippen LogP contribution is -2.28. The SMILES string of the molecule is O=C(Nc1ccc(COCC(F)(F)F)nc1)c1cccn(-c2ccccc2OCC(F)(F)F)c1=O. The number of alkyl halides is 6. The second kappa shape index (κ2) is 10.6. The van der Waals surface area contributed by atoms with Gasteiger partial charge in [-0.1, -0.05) is 12.1 Å². The lowest BCUT2D eigenvalue weighted by atomic mass is 10.2. The normalized spacial score (nSPS) is 11.8. The van der Waals surface area contributed by atoms with Gasteiger partial charge in [0.2, 0.25) is 0 Å². The van der Waals surface area contributed by atoms with E-state index in [-0.39, 0.29) is 28.4 Å². The molecule has 0 saturated carbocycles. The molecule has 1 N–H and O–H groups in total. The molecule has 0 bridgehead atoms. The van der Waals surface area contributed by atoms with E-state index in [9.17, 15) is 35.9 Å². The minimum absolute atomic E-state index is 0.00118. The Morgan fingerprint density at radius 2 is 1.66 bits per heavy atom. The van der Waals surface area contributed by atoms with Crippen molar-refractivity contribution in [1.82, 2.24) is 9.55 Å². The molecule has 0 atom stereocenters. The number of halogens is 6. The summed E-state index contributed by atoms with van der Waals surface area (Å²) in [5.74, 6) is -1.04. The van der Waals surface area contributed by atoms with Gasteiger partial charge in [-0.2, -0.15) is 26.3 Å². The molecule has 1 aromatic carbocycles. The van der Waals surface area contributed by atoms with E-state index < -0.39 is 43.6 Å². The van der Waals surface area contributed by atoms with Crippen LogP contribution in [0, 0.1) is 0 Å². The van der Waals surface area contributed by atoms with E-state index in [1.807, 2.05) is 0 Å². The van der Waals surface area contributed by atoms with Gasteiger partial charge < -0.3 is 14.8 Å². The lowest BCUT2D eigenvalue weighted by Gasteiger charge is -2.15. The summed E-state index contributed by atoms with van der Waals surface area (Å²) in [4.78, 5) is 29.4. The summed E-state index contributed by atoms with van der Waals surface area (Å²) < 4.78 is 84.4. The molecule has 0 radical (unpaired) electrons. The van der Waals surface area contributed by atoms with Gasteiger partial charge in [-0.3, -0.25) is 19.1 Å². The molecule has 0 unspecified atom stereocenters. The second-order valence-corrected chi connectivity index (χ2v) is 7.07. The molecule has 3 rings (SSSR count). The summed E-state index contributed by atoms with van der Waals surface area (Å²) in [6.07, 6.45) is -6.62. The molecule has 13 heteroatoms. The van der Waals surface area contributed by atoms with Crippen molar-refractivity contribution in [2.24, 2.45) is 0 Å². The maximum Gasteiger partial charge on any atom is 0.422 e. The van der Waals surface area contributed by atoms with Crippen LogP contribution in [0.25, 0.3) is 5.69 Å². The van der Waals surface area contributed by atoms with Crippen LogP contribution < -0.4 is 15.6 Å². The fourth-order valence-electron chi connectivity index (χ4n) is 2.85. The molecule has 0 saturated heterocycles. The van der Waals surface area contributed by atoms with E-state index in [1.165, 1.54) is 60.9 Å². The predicted octanol–water partition coefficient (Wildman–Crippen LogP) is 4.50. The summed E-state index contributed by atoms with van der Waals surface area (Å²) >= 11 is 0. The summed E-state index contributed by atoms with van der Waals surface area (Å²) in [5, 5.41) is 2.43. The first-order valence-electron chi connectivity index (χ1n) is 9.84. The smallest absolute Gasteiger partial charge is 0.422 e. The first kappa shape index (κ1) is 25.7. The molecule has 0 aliphatic heterocycles. The minimum Gasteiger partial charge on any atom is -0.482 e. The van der Waals surface area contributed by atoms with Crippen LogP contribution in [0.4, 0.5) is 32.0 Å². The Morgan fingerprint density at radius 1 is 0.943 bits per heavy atom. The number of hydrogen-bond acceptors (Lipinski definition) is 5. The van der Waals surface area contributed by atoms with Crippen molar-refractivity contribution in [2.75, 3.05) is 18.5 Å². The van der Waals surface area contributed by atoms with Gasteiger partial charge in [-0.25, -0.2) is 0 Å². The highest BCUT2D eigenvalue weighted by Gasteiger charge is 2.29. The molecule has 0 fully saturated rings. The van der Waals surface area contributed by atoms with E-state index in [0.29, 0.717) is 0 Å². The molecule has 2 aromatic heterocycles. The van der Waals surface area contributed by atoms with Crippen LogP contribution >= 0.6 is 0 Å². The van der Waals surface area contributed by atoms with Crippen LogP contribution in [0.3, 0.4) is 0 Å². The topological polar surface area (TPSA) is 82.4 Å². The van der Waals surface area contributed by atoms with Crippen LogP contribution in [0.1, 0.15) is 16.1 Å². The molecule has 186 valence electrons. The molecular weight excluding hydrogens is 484 g/mol. The number of anilines is 1. The van der Waals surface area contributed by atoms with E-state index in [4.69, 9.17) is 4.74 Å². The van der Waals surface area contributed by atoms with Crippen LogP contribution in [0.5, 0.6) is 5.75 Å². The maximum atomic E-state index is 12.9. The summed E-state index contributed by atoms with van der Waals surface area (Å²) in [5.41, 5.74) is -0.807. The fourth-order valence-corrected chi connectivity index (χ4v) is 2.85. The van der Waals surface area contributed by atoms with Gasteiger partial charge in [0.05, 0.1) is 29.9 Å². The maximum absolute atomic E-state index is 12.9. The molecule has 0 aliphatic carbocycles. The van der Waals surface area contributed by atoms with Crippen molar-refractivity contribution in [3.63, 3.8) is 0 Å². The van der Waals surface area contributed by atoms with Gasteiger partial charge in [0.15, 0.2) is 6.61 Å². The van der Waals surface area contributed by atoms with E-state index in [1.54, 1.807) is 0 Å². The highest BCUT2D eigenvalue weighted by Crippen LogP contribution is 2.24. The fraction of sp³-hybridized carbons (Fsp3) is 0.227. The Labute approximate surface area is 193 Å². The van der Waals surface area contributed by atoms with Gasteiger partial charge in [0, 0.05) is 6.20 Å². The average molecular weight is 501 g/mol. The predicted molar refractivity (Wildman–Crippen MR) is 111 cm³/mol. The zero-order chi connectivity index (χ0) is 25.6. The highest BCUT2D eigenvalue weighted by atomic mass is 19.4. The first-order valence-corrected chi connectivity index (χ1v) is 9.84. The van der Waals surface area contributed by atoms with Crippen LogP contribution in [0.15, 0.2) is 65.7 Å². The number of nitrogens with one attached hydrogen (secondary N) is 1. The number of carbonyl (C=O) groups is 1. The van der Waals surface area contributed by atoms with Crippen LogP contribution in [-0.2, 0) is 11.3 Å². The van der Waals surface area contributed by atoms with Gasteiger partial charge >= 0.3 is 12.4 Å².